The molecule has 1 aliphatic heterocycles. The van der Waals surface area contributed by atoms with Gasteiger partial charge in [-0.05, 0) is 17.8 Å². The van der Waals surface area contributed by atoms with E-state index >= 15 is 0 Å². The molecule has 0 aliphatic carbocycles. The van der Waals surface area contributed by atoms with E-state index < -0.39 is 6.04 Å². The van der Waals surface area contributed by atoms with Crippen molar-refractivity contribution in [2.75, 3.05) is 13.1 Å². The Hall–Kier alpha value is -1.01. The molecular weight excluding hydrogens is 200 g/mol. The van der Waals surface area contributed by atoms with Crippen LogP contribution in [0.1, 0.15) is 33.6 Å². The molecule has 1 rings (SSSR count). The molecule has 90 valence electrons. The number of rotatable bonds is 2. The minimum Gasteiger partial charge on any atom is -0.341 e. The summed E-state index contributed by atoms with van der Waals surface area (Å²) < 4.78 is 0. The topological polar surface area (TPSA) is 46.3 Å². The molecule has 0 aromatic rings. The van der Waals surface area contributed by atoms with Crippen molar-refractivity contribution in [3.8, 4) is 12.3 Å². The first-order valence-corrected chi connectivity index (χ1v) is 5.84. The Morgan fingerprint density at radius 1 is 1.62 bits per heavy atom. The maximum Gasteiger partial charge on any atom is 0.240 e. The lowest BCUT2D eigenvalue weighted by molar-refractivity contribution is -0.131. The largest absolute Gasteiger partial charge is 0.341 e. The van der Waals surface area contributed by atoms with Crippen molar-refractivity contribution >= 4 is 5.91 Å². The maximum absolute atomic E-state index is 11.9. The second kappa shape index (κ2) is 4.88. The lowest BCUT2D eigenvalue weighted by atomic mass is 9.80. The van der Waals surface area contributed by atoms with Gasteiger partial charge in [0.05, 0.1) is 6.04 Å². The van der Waals surface area contributed by atoms with Crippen LogP contribution < -0.4 is 5.73 Å². The number of nitrogens with zero attached hydrogens (tertiary/aromatic N) is 1. The molecule has 2 unspecified atom stereocenters. The SMILES string of the molecule is C#CCC(N)C(=O)N1CCC(C(C)(C)C)C1. The van der Waals surface area contributed by atoms with Crippen LogP contribution >= 0.6 is 0 Å². The zero-order valence-electron chi connectivity index (χ0n) is 10.5. The van der Waals surface area contributed by atoms with Crippen LogP contribution in [0.25, 0.3) is 0 Å². The predicted octanol–water partition coefficient (Wildman–Crippen LogP) is 1.23. The highest BCUT2D eigenvalue weighted by Gasteiger charge is 2.34. The molecule has 1 aliphatic rings. The van der Waals surface area contributed by atoms with Crippen molar-refractivity contribution in [2.24, 2.45) is 17.1 Å². The van der Waals surface area contributed by atoms with Crippen molar-refractivity contribution in [2.45, 2.75) is 39.7 Å². The van der Waals surface area contributed by atoms with Gasteiger partial charge in [0.2, 0.25) is 5.91 Å². The molecule has 1 saturated heterocycles. The van der Waals surface area contributed by atoms with Crippen LogP contribution in [0.2, 0.25) is 0 Å². The smallest absolute Gasteiger partial charge is 0.240 e. The highest BCUT2D eigenvalue weighted by molar-refractivity contribution is 5.82. The molecule has 1 amide bonds. The molecule has 3 heteroatoms. The zero-order chi connectivity index (χ0) is 12.3. The Bertz CT molecular complexity index is 298. The Kier molecular flexibility index (Phi) is 3.98. The lowest BCUT2D eigenvalue weighted by Crippen LogP contribution is -2.43. The Labute approximate surface area is 98.4 Å². The van der Waals surface area contributed by atoms with Gasteiger partial charge in [0.1, 0.15) is 0 Å². The van der Waals surface area contributed by atoms with Crippen LogP contribution in [0.3, 0.4) is 0 Å². The second-order valence-corrected chi connectivity index (χ2v) is 5.65. The van der Waals surface area contributed by atoms with E-state index in [0.29, 0.717) is 12.3 Å². The number of terminal acetylenes is 1. The molecule has 0 saturated carbocycles. The zero-order valence-corrected chi connectivity index (χ0v) is 10.5. The van der Waals surface area contributed by atoms with Crippen molar-refractivity contribution in [1.82, 2.24) is 4.90 Å². The quantitative estimate of drug-likeness (QED) is 0.714. The van der Waals surface area contributed by atoms with E-state index in [1.165, 1.54) is 0 Å². The summed E-state index contributed by atoms with van der Waals surface area (Å²) in [6.45, 7) is 8.28. The van der Waals surface area contributed by atoms with Crippen molar-refractivity contribution in [3.05, 3.63) is 0 Å². The molecule has 3 nitrogen and oxygen atoms in total. The average Bonchev–Trinajstić information content (AvgIpc) is 2.65. The first-order valence-electron chi connectivity index (χ1n) is 5.84. The van der Waals surface area contributed by atoms with Crippen LogP contribution in [-0.4, -0.2) is 29.9 Å². The van der Waals surface area contributed by atoms with E-state index in [1.54, 1.807) is 0 Å². The Balaban J connectivity index is 2.54. The molecule has 16 heavy (non-hydrogen) atoms. The summed E-state index contributed by atoms with van der Waals surface area (Å²) in [6.07, 6.45) is 6.56. The number of carbonyl (C=O) groups excluding carboxylic acids is 1. The van der Waals surface area contributed by atoms with Gasteiger partial charge in [0.25, 0.3) is 0 Å². The number of likely N-dealkylation sites (tertiary alicyclic amines) is 1. The number of hydrogen-bond donors (Lipinski definition) is 1. The van der Waals surface area contributed by atoms with Crippen LogP contribution in [-0.2, 0) is 4.79 Å². The van der Waals surface area contributed by atoms with Crippen molar-refractivity contribution in [3.63, 3.8) is 0 Å². The highest BCUT2D eigenvalue weighted by atomic mass is 16.2. The monoisotopic (exact) mass is 222 g/mol. The third kappa shape index (κ3) is 2.99. The van der Waals surface area contributed by atoms with E-state index in [0.717, 1.165) is 19.5 Å². The summed E-state index contributed by atoms with van der Waals surface area (Å²) in [5.74, 6) is 3.01. The maximum atomic E-state index is 11.9. The van der Waals surface area contributed by atoms with Gasteiger partial charge in [-0.3, -0.25) is 4.79 Å². The number of carbonyl (C=O) groups is 1. The summed E-state index contributed by atoms with van der Waals surface area (Å²) >= 11 is 0. The van der Waals surface area contributed by atoms with Gasteiger partial charge in [0, 0.05) is 19.5 Å². The first kappa shape index (κ1) is 13.1. The van der Waals surface area contributed by atoms with E-state index in [4.69, 9.17) is 12.2 Å². The van der Waals surface area contributed by atoms with Gasteiger partial charge in [-0.1, -0.05) is 20.8 Å². The molecule has 2 N–H and O–H groups in total. The number of amides is 1. The first-order chi connectivity index (χ1) is 7.36. The van der Waals surface area contributed by atoms with Crippen molar-refractivity contribution in [1.29, 1.82) is 0 Å². The van der Waals surface area contributed by atoms with E-state index in [1.807, 2.05) is 4.90 Å². The van der Waals surface area contributed by atoms with Gasteiger partial charge in [-0.2, -0.15) is 0 Å². The molecule has 0 bridgehead atoms. The van der Waals surface area contributed by atoms with Crippen molar-refractivity contribution < 1.29 is 4.79 Å². The molecule has 1 heterocycles. The summed E-state index contributed by atoms with van der Waals surface area (Å²) in [6, 6.07) is -0.524. The number of hydrogen-bond acceptors (Lipinski definition) is 2. The fourth-order valence-corrected chi connectivity index (χ4v) is 2.12. The third-order valence-corrected chi connectivity index (χ3v) is 3.38. The molecule has 0 aromatic heterocycles. The summed E-state index contributed by atoms with van der Waals surface area (Å²) in [5.41, 5.74) is 5.98. The lowest BCUT2D eigenvalue weighted by Gasteiger charge is -2.27. The van der Waals surface area contributed by atoms with Gasteiger partial charge in [-0.25, -0.2) is 0 Å². The normalized spacial score (nSPS) is 22.9. The van der Waals surface area contributed by atoms with Gasteiger partial charge in [0.15, 0.2) is 0 Å². The third-order valence-electron chi connectivity index (χ3n) is 3.38. The predicted molar refractivity (Wildman–Crippen MR) is 65.6 cm³/mol. The van der Waals surface area contributed by atoms with Crippen LogP contribution in [0, 0.1) is 23.7 Å². The number of nitrogens with two attached hydrogens (primary N) is 1. The fourth-order valence-electron chi connectivity index (χ4n) is 2.12. The van der Waals surface area contributed by atoms with Gasteiger partial charge < -0.3 is 10.6 Å². The minimum atomic E-state index is -0.524. The summed E-state index contributed by atoms with van der Waals surface area (Å²) in [7, 11) is 0. The minimum absolute atomic E-state index is 0.00435. The van der Waals surface area contributed by atoms with Crippen LogP contribution in [0.15, 0.2) is 0 Å². The molecule has 1 fully saturated rings. The molecule has 2 atom stereocenters. The Morgan fingerprint density at radius 3 is 2.69 bits per heavy atom. The van der Waals surface area contributed by atoms with E-state index in [9.17, 15) is 4.79 Å². The summed E-state index contributed by atoms with van der Waals surface area (Å²) in [5, 5.41) is 0. The second-order valence-electron chi connectivity index (χ2n) is 5.65. The van der Waals surface area contributed by atoms with Gasteiger partial charge in [-0.15, -0.1) is 12.3 Å². The molecule has 0 spiro atoms. The fraction of sp³-hybridized carbons (Fsp3) is 0.769. The van der Waals surface area contributed by atoms with Crippen LogP contribution in [0.5, 0.6) is 0 Å². The van der Waals surface area contributed by atoms with Crippen LogP contribution in [0.4, 0.5) is 0 Å². The van der Waals surface area contributed by atoms with E-state index in [-0.39, 0.29) is 11.3 Å². The molecule has 0 radical (unpaired) electrons. The Morgan fingerprint density at radius 2 is 2.25 bits per heavy atom. The highest BCUT2D eigenvalue weighted by Crippen LogP contribution is 2.33. The summed E-state index contributed by atoms with van der Waals surface area (Å²) in [4.78, 5) is 13.8. The molecular formula is C13H22N2O. The average molecular weight is 222 g/mol. The van der Waals surface area contributed by atoms with Gasteiger partial charge >= 0.3 is 0 Å². The standard InChI is InChI=1S/C13H22N2O/c1-5-6-11(14)12(16)15-8-7-10(9-15)13(2,3)4/h1,10-11H,6-9,14H2,2-4H3. The molecule has 0 aromatic carbocycles. The van der Waals surface area contributed by atoms with E-state index in [2.05, 4.69) is 26.7 Å².